The van der Waals surface area contributed by atoms with Crippen LogP contribution in [0, 0.1) is 5.92 Å². The van der Waals surface area contributed by atoms with Gasteiger partial charge in [0.05, 0.1) is 23.0 Å². The Bertz CT molecular complexity index is 1090. The number of nitrogens with one attached hydrogen (secondary N) is 1. The number of para-hydroxylation sites is 1. The third-order valence-electron chi connectivity index (χ3n) is 5.73. The second kappa shape index (κ2) is 9.00. The normalized spacial score (nSPS) is 15.7. The molecule has 8 nitrogen and oxygen atoms in total. The molecule has 1 aliphatic heterocycles. The van der Waals surface area contributed by atoms with Gasteiger partial charge in [-0.05, 0) is 61.6 Å². The highest BCUT2D eigenvalue weighted by Gasteiger charge is 2.34. The average molecular weight is 436 g/mol. The van der Waals surface area contributed by atoms with E-state index in [0.717, 1.165) is 6.42 Å². The van der Waals surface area contributed by atoms with Crippen molar-refractivity contribution in [1.82, 2.24) is 14.9 Å². The van der Waals surface area contributed by atoms with Gasteiger partial charge in [0.15, 0.2) is 5.75 Å². The van der Waals surface area contributed by atoms with Gasteiger partial charge in [0, 0.05) is 18.7 Å². The van der Waals surface area contributed by atoms with Gasteiger partial charge in [0.2, 0.25) is 0 Å². The number of amides is 1. The second-order valence-electron chi connectivity index (χ2n) is 8.81. The molecule has 1 fully saturated rings. The predicted molar refractivity (Wildman–Crippen MR) is 124 cm³/mol. The van der Waals surface area contributed by atoms with Crippen LogP contribution >= 0.6 is 0 Å². The lowest BCUT2D eigenvalue weighted by molar-refractivity contribution is -0.0311. The number of benzene rings is 2. The number of piperidine rings is 1. The number of nitrogen functional groups attached to an aromatic ring is 1. The number of nitrogens with two attached hydrogens (primary N) is 1. The van der Waals surface area contributed by atoms with Gasteiger partial charge in [-0.3, -0.25) is 9.78 Å². The van der Waals surface area contributed by atoms with E-state index in [-0.39, 0.29) is 5.91 Å². The summed E-state index contributed by atoms with van der Waals surface area (Å²) < 4.78 is 0. The highest BCUT2D eigenvalue weighted by molar-refractivity contribution is 5.94. The van der Waals surface area contributed by atoms with Gasteiger partial charge >= 0.3 is 0 Å². The van der Waals surface area contributed by atoms with Crippen molar-refractivity contribution in [3.8, 4) is 5.75 Å². The van der Waals surface area contributed by atoms with Crippen LogP contribution in [0.5, 0.6) is 5.75 Å². The summed E-state index contributed by atoms with van der Waals surface area (Å²) in [5.41, 5.74) is 10.5. The smallest absolute Gasteiger partial charge is 0.253 e. The number of nitrogens with zero attached hydrogens (tertiary/aromatic N) is 3. The minimum atomic E-state index is -0.660. The lowest BCUT2D eigenvalue weighted by atomic mass is 9.84. The molecule has 0 bridgehead atoms. The Hall–Kier alpha value is -3.39. The molecule has 1 aromatic heterocycles. The van der Waals surface area contributed by atoms with E-state index in [2.05, 4.69) is 29.3 Å². The quantitative estimate of drug-likeness (QED) is 0.507. The van der Waals surface area contributed by atoms with Crippen LogP contribution in [0.2, 0.25) is 0 Å². The molecule has 0 spiro atoms. The lowest BCUT2D eigenvalue weighted by Gasteiger charge is -2.39. The molecule has 1 aliphatic rings. The summed E-state index contributed by atoms with van der Waals surface area (Å²) in [6, 6.07) is 12.5. The Morgan fingerprint density at radius 3 is 2.62 bits per heavy atom. The SMILES string of the molecule is CC(C)CC1(O)CCN(C(=O)c2ccc(NOc3cccc4ncc(N)nc34)cc2)CC1. The molecule has 168 valence electrons. The van der Waals surface area contributed by atoms with Crippen molar-refractivity contribution in [2.24, 2.45) is 5.92 Å². The largest absolute Gasteiger partial charge is 0.390 e. The minimum Gasteiger partial charge on any atom is -0.390 e. The summed E-state index contributed by atoms with van der Waals surface area (Å²) in [6.45, 7) is 5.35. The van der Waals surface area contributed by atoms with E-state index >= 15 is 0 Å². The van der Waals surface area contributed by atoms with Gasteiger partial charge in [-0.25, -0.2) is 10.5 Å². The molecule has 8 heteroatoms. The van der Waals surface area contributed by atoms with Gasteiger partial charge in [-0.15, -0.1) is 0 Å². The first kappa shape index (κ1) is 21.8. The number of hydrogen-bond donors (Lipinski definition) is 3. The molecule has 2 heterocycles. The van der Waals surface area contributed by atoms with E-state index in [4.69, 9.17) is 10.6 Å². The van der Waals surface area contributed by atoms with Crippen LogP contribution in [0.15, 0.2) is 48.7 Å². The summed E-state index contributed by atoms with van der Waals surface area (Å²) in [7, 11) is 0. The summed E-state index contributed by atoms with van der Waals surface area (Å²) in [6.07, 6.45) is 3.50. The van der Waals surface area contributed by atoms with Crippen LogP contribution < -0.4 is 16.1 Å². The number of carbonyl (C=O) groups excluding carboxylic acids is 1. The van der Waals surface area contributed by atoms with Crippen molar-refractivity contribution >= 4 is 28.4 Å². The van der Waals surface area contributed by atoms with Crippen LogP contribution in [-0.2, 0) is 0 Å². The molecule has 0 radical (unpaired) electrons. The molecule has 1 amide bonds. The zero-order valence-electron chi connectivity index (χ0n) is 18.4. The van der Waals surface area contributed by atoms with E-state index < -0.39 is 5.60 Å². The van der Waals surface area contributed by atoms with Crippen LogP contribution in [0.3, 0.4) is 0 Å². The van der Waals surface area contributed by atoms with Crippen LogP contribution in [-0.4, -0.2) is 44.6 Å². The van der Waals surface area contributed by atoms with Crippen molar-refractivity contribution in [3.63, 3.8) is 0 Å². The summed E-state index contributed by atoms with van der Waals surface area (Å²) in [5, 5.41) is 10.7. The zero-order valence-corrected chi connectivity index (χ0v) is 18.4. The number of aromatic nitrogens is 2. The summed E-state index contributed by atoms with van der Waals surface area (Å²) in [5.74, 6) is 1.23. The molecule has 0 unspecified atom stereocenters. The van der Waals surface area contributed by atoms with Crippen molar-refractivity contribution in [2.45, 2.75) is 38.7 Å². The zero-order chi connectivity index (χ0) is 22.7. The number of carbonyl (C=O) groups is 1. The highest BCUT2D eigenvalue weighted by atomic mass is 16.6. The number of aliphatic hydroxyl groups is 1. The van der Waals surface area contributed by atoms with Crippen LogP contribution in [0.1, 0.15) is 43.5 Å². The number of anilines is 2. The molecule has 4 rings (SSSR count). The van der Waals surface area contributed by atoms with E-state index in [1.165, 1.54) is 6.20 Å². The molecule has 3 aromatic rings. The Balaban J connectivity index is 1.37. The predicted octanol–water partition coefficient (Wildman–Crippen LogP) is 3.63. The molecule has 0 saturated carbocycles. The fraction of sp³-hybridized carbons (Fsp3) is 0.375. The fourth-order valence-electron chi connectivity index (χ4n) is 4.17. The molecular formula is C24H29N5O3. The Labute approximate surface area is 187 Å². The topological polar surface area (TPSA) is 114 Å². The highest BCUT2D eigenvalue weighted by Crippen LogP contribution is 2.29. The van der Waals surface area contributed by atoms with Crippen LogP contribution in [0.4, 0.5) is 11.5 Å². The Morgan fingerprint density at radius 2 is 1.94 bits per heavy atom. The standard InChI is InChI=1S/C24H29N5O3/c1-16(2)14-24(31)10-12-29(13-11-24)23(30)17-6-8-18(9-7-17)28-32-20-5-3-4-19-22(20)27-21(25)15-26-19/h3-9,15-16,28,31H,10-14H2,1-2H3,(H2,25,27). The van der Waals surface area contributed by atoms with E-state index in [9.17, 15) is 9.90 Å². The Kier molecular flexibility index (Phi) is 6.14. The van der Waals surface area contributed by atoms with Crippen molar-refractivity contribution in [3.05, 3.63) is 54.2 Å². The first-order chi connectivity index (χ1) is 15.3. The molecule has 1 saturated heterocycles. The minimum absolute atomic E-state index is 0.0242. The molecule has 32 heavy (non-hydrogen) atoms. The number of fused-ring (bicyclic) bond motifs is 1. The van der Waals surface area contributed by atoms with E-state index in [1.807, 2.05) is 17.0 Å². The van der Waals surface area contributed by atoms with Crippen molar-refractivity contribution in [1.29, 1.82) is 0 Å². The van der Waals surface area contributed by atoms with Gasteiger partial charge in [-0.1, -0.05) is 19.9 Å². The number of likely N-dealkylation sites (tertiary alicyclic amines) is 1. The van der Waals surface area contributed by atoms with E-state index in [0.29, 0.717) is 65.7 Å². The van der Waals surface area contributed by atoms with Crippen molar-refractivity contribution < 1.29 is 14.7 Å². The van der Waals surface area contributed by atoms with Crippen LogP contribution in [0.25, 0.3) is 11.0 Å². The van der Waals surface area contributed by atoms with Gasteiger partial charge in [-0.2, -0.15) is 0 Å². The van der Waals surface area contributed by atoms with Gasteiger partial charge in [0.25, 0.3) is 5.91 Å². The molecule has 0 aliphatic carbocycles. The third-order valence-corrected chi connectivity index (χ3v) is 5.73. The molecule has 2 aromatic carbocycles. The van der Waals surface area contributed by atoms with E-state index in [1.54, 1.807) is 30.3 Å². The number of rotatable bonds is 6. The summed E-state index contributed by atoms with van der Waals surface area (Å²) >= 11 is 0. The summed E-state index contributed by atoms with van der Waals surface area (Å²) in [4.78, 5) is 28.9. The molecule has 4 N–H and O–H groups in total. The first-order valence-electron chi connectivity index (χ1n) is 10.9. The maximum absolute atomic E-state index is 12.9. The van der Waals surface area contributed by atoms with Gasteiger partial charge in [0.1, 0.15) is 11.3 Å². The molecule has 0 atom stereocenters. The molecular weight excluding hydrogens is 406 g/mol. The lowest BCUT2D eigenvalue weighted by Crippen LogP contribution is -2.47. The Morgan fingerprint density at radius 1 is 1.22 bits per heavy atom. The monoisotopic (exact) mass is 435 g/mol. The second-order valence-corrected chi connectivity index (χ2v) is 8.81. The number of hydrogen-bond acceptors (Lipinski definition) is 7. The fourth-order valence-corrected chi connectivity index (χ4v) is 4.17. The average Bonchev–Trinajstić information content (AvgIpc) is 2.77. The first-order valence-corrected chi connectivity index (χ1v) is 10.9. The van der Waals surface area contributed by atoms with Crippen molar-refractivity contribution in [2.75, 3.05) is 24.3 Å². The maximum Gasteiger partial charge on any atom is 0.253 e. The van der Waals surface area contributed by atoms with Gasteiger partial charge < -0.3 is 20.6 Å². The maximum atomic E-state index is 12.9. The third kappa shape index (κ3) is 4.91.